The summed E-state index contributed by atoms with van der Waals surface area (Å²) < 4.78 is 0. The molecule has 0 radical (unpaired) electrons. The third-order valence-corrected chi connectivity index (χ3v) is 0.847. The van der Waals surface area contributed by atoms with E-state index in [1.54, 1.807) is 6.92 Å². The van der Waals surface area contributed by atoms with Crippen molar-refractivity contribution in [1.29, 1.82) is 0 Å². The van der Waals surface area contributed by atoms with Gasteiger partial charge >= 0.3 is 0 Å². The first-order valence-electron chi connectivity index (χ1n) is 2.22. The van der Waals surface area contributed by atoms with Crippen LogP contribution in [-0.4, -0.2) is 17.8 Å². The van der Waals surface area contributed by atoms with E-state index in [1.165, 1.54) is 0 Å². The van der Waals surface area contributed by atoms with Gasteiger partial charge in [0, 0.05) is 6.04 Å². The lowest BCUT2D eigenvalue weighted by molar-refractivity contribution is 0.324. The summed E-state index contributed by atoms with van der Waals surface area (Å²) in [5.74, 6) is 0. The van der Waals surface area contributed by atoms with Gasteiger partial charge in [-0.15, -0.1) is 0 Å². The zero-order valence-corrected chi connectivity index (χ0v) is 4.52. The van der Waals surface area contributed by atoms with E-state index in [9.17, 15) is 0 Å². The van der Waals surface area contributed by atoms with Crippen LogP contribution < -0.4 is 5.73 Å². The monoisotopic (exact) mass is 101 g/mol. The minimum Gasteiger partial charge on any atom is -0.392 e. The van der Waals surface area contributed by atoms with Crippen LogP contribution in [0.3, 0.4) is 0 Å². The molecule has 0 spiro atoms. The van der Waals surface area contributed by atoms with Gasteiger partial charge in [-0.05, 0) is 12.5 Å². The van der Waals surface area contributed by atoms with Gasteiger partial charge in [-0.3, -0.25) is 0 Å². The second-order valence-electron chi connectivity index (χ2n) is 1.61. The van der Waals surface area contributed by atoms with E-state index in [0.717, 1.165) is 0 Å². The largest absolute Gasteiger partial charge is 0.392 e. The fraction of sp³-hybridized carbons (Fsp3) is 0.600. The van der Waals surface area contributed by atoms with Crippen molar-refractivity contribution in [2.45, 2.75) is 13.0 Å². The highest BCUT2D eigenvalue weighted by Crippen LogP contribution is 1.90. The standard InChI is InChI=1S/C5H11NO/c1-4(3-7)5(2)6/h5,7H,1,3,6H2,2H3. The molecule has 0 aromatic rings. The van der Waals surface area contributed by atoms with Crippen LogP contribution in [0.15, 0.2) is 12.2 Å². The molecule has 0 fully saturated rings. The summed E-state index contributed by atoms with van der Waals surface area (Å²) >= 11 is 0. The van der Waals surface area contributed by atoms with Crippen LogP contribution in [0.4, 0.5) is 0 Å². The number of aliphatic hydroxyl groups is 1. The second-order valence-corrected chi connectivity index (χ2v) is 1.61. The lowest BCUT2D eigenvalue weighted by atomic mass is 10.2. The van der Waals surface area contributed by atoms with E-state index in [-0.39, 0.29) is 12.6 Å². The Morgan fingerprint density at radius 1 is 2.00 bits per heavy atom. The van der Waals surface area contributed by atoms with Gasteiger partial charge in [0.1, 0.15) is 0 Å². The van der Waals surface area contributed by atoms with Crippen molar-refractivity contribution in [1.82, 2.24) is 0 Å². The second kappa shape index (κ2) is 2.77. The molecule has 1 atom stereocenters. The van der Waals surface area contributed by atoms with Crippen LogP contribution in [0.1, 0.15) is 6.92 Å². The van der Waals surface area contributed by atoms with Crippen LogP contribution in [0.2, 0.25) is 0 Å². The SMILES string of the molecule is C=C(CO)C(C)N. The number of hydrogen-bond acceptors (Lipinski definition) is 2. The van der Waals surface area contributed by atoms with E-state index >= 15 is 0 Å². The molecular weight excluding hydrogens is 90.1 g/mol. The molecule has 2 nitrogen and oxygen atoms in total. The molecule has 0 aromatic carbocycles. The van der Waals surface area contributed by atoms with Crippen molar-refractivity contribution in [3.05, 3.63) is 12.2 Å². The third kappa shape index (κ3) is 2.37. The van der Waals surface area contributed by atoms with Crippen molar-refractivity contribution < 1.29 is 5.11 Å². The molecule has 0 aliphatic carbocycles. The fourth-order valence-corrected chi connectivity index (χ4v) is 0.144. The van der Waals surface area contributed by atoms with Crippen LogP contribution in [0.5, 0.6) is 0 Å². The smallest absolute Gasteiger partial charge is 0.0654 e. The van der Waals surface area contributed by atoms with E-state index in [1.807, 2.05) is 0 Å². The summed E-state index contributed by atoms with van der Waals surface area (Å²) in [6.45, 7) is 5.29. The summed E-state index contributed by atoms with van der Waals surface area (Å²) in [6, 6.07) is -0.0787. The van der Waals surface area contributed by atoms with Gasteiger partial charge in [-0.25, -0.2) is 0 Å². The minimum absolute atomic E-state index is 0.00231. The Bertz CT molecular complexity index is 68.5. The van der Waals surface area contributed by atoms with Crippen LogP contribution in [0, 0.1) is 0 Å². The highest BCUT2D eigenvalue weighted by Gasteiger charge is 1.94. The number of aliphatic hydroxyl groups excluding tert-OH is 1. The summed E-state index contributed by atoms with van der Waals surface area (Å²) in [6.07, 6.45) is 0. The summed E-state index contributed by atoms with van der Waals surface area (Å²) in [7, 11) is 0. The predicted molar refractivity (Wildman–Crippen MR) is 29.9 cm³/mol. The molecule has 1 unspecified atom stereocenters. The molecule has 0 aliphatic rings. The first kappa shape index (κ1) is 6.66. The maximum Gasteiger partial charge on any atom is 0.0654 e. The Balaban J connectivity index is 3.35. The molecule has 0 aromatic heterocycles. The minimum atomic E-state index is -0.0787. The summed E-state index contributed by atoms with van der Waals surface area (Å²) in [4.78, 5) is 0. The molecule has 3 N–H and O–H groups in total. The molecule has 0 amide bonds. The predicted octanol–water partition coefficient (Wildman–Crippen LogP) is -0.118. The van der Waals surface area contributed by atoms with Crippen molar-refractivity contribution in [2.24, 2.45) is 5.73 Å². The van der Waals surface area contributed by atoms with Crippen molar-refractivity contribution >= 4 is 0 Å². The van der Waals surface area contributed by atoms with Crippen LogP contribution in [-0.2, 0) is 0 Å². The average Bonchev–Trinajstić information content (AvgIpc) is 1.65. The average molecular weight is 101 g/mol. The normalized spacial score (nSPS) is 13.6. The van der Waals surface area contributed by atoms with E-state index < -0.39 is 0 Å². The molecule has 7 heavy (non-hydrogen) atoms. The maximum atomic E-state index is 8.33. The molecular formula is C5H11NO. The van der Waals surface area contributed by atoms with Gasteiger partial charge in [-0.1, -0.05) is 6.58 Å². The molecule has 2 heteroatoms. The molecule has 0 rings (SSSR count). The molecule has 0 saturated carbocycles. The Hall–Kier alpha value is -0.340. The fourth-order valence-electron chi connectivity index (χ4n) is 0.144. The third-order valence-electron chi connectivity index (χ3n) is 0.847. The van der Waals surface area contributed by atoms with E-state index in [0.29, 0.717) is 5.57 Å². The molecule has 42 valence electrons. The van der Waals surface area contributed by atoms with Crippen LogP contribution >= 0.6 is 0 Å². The number of nitrogens with two attached hydrogens (primary N) is 1. The van der Waals surface area contributed by atoms with Gasteiger partial charge in [-0.2, -0.15) is 0 Å². The molecule has 0 saturated heterocycles. The Kier molecular flexibility index (Phi) is 2.64. The zero-order chi connectivity index (χ0) is 5.86. The molecule has 0 heterocycles. The Morgan fingerprint density at radius 2 is 2.43 bits per heavy atom. The van der Waals surface area contributed by atoms with Gasteiger partial charge in [0.25, 0.3) is 0 Å². The Labute approximate surface area is 43.6 Å². The van der Waals surface area contributed by atoms with Gasteiger partial charge in [0.05, 0.1) is 6.61 Å². The lowest BCUT2D eigenvalue weighted by Gasteiger charge is -2.02. The highest BCUT2D eigenvalue weighted by atomic mass is 16.3. The first-order chi connectivity index (χ1) is 3.18. The van der Waals surface area contributed by atoms with Crippen molar-refractivity contribution in [3.8, 4) is 0 Å². The zero-order valence-electron chi connectivity index (χ0n) is 4.52. The number of hydrogen-bond donors (Lipinski definition) is 2. The Morgan fingerprint density at radius 3 is 2.43 bits per heavy atom. The van der Waals surface area contributed by atoms with E-state index in [2.05, 4.69) is 6.58 Å². The first-order valence-corrected chi connectivity index (χ1v) is 2.22. The highest BCUT2D eigenvalue weighted by molar-refractivity contribution is 5.01. The number of rotatable bonds is 2. The van der Waals surface area contributed by atoms with Crippen LogP contribution in [0.25, 0.3) is 0 Å². The van der Waals surface area contributed by atoms with Gasteiger partial charge in [0.15, 0.2) is 0 Å². The maximum absolute atomic E-state index is 8.33. The summed E-state index contributed by atoms with van der Waals surface area (Å²) in [5.41, 5.74) is 5.97. The van der Waals surface area contributed by atoms with Crippen molar-refractivity contribution in [3.63, 3.8) is 0 Å². The molecule has 0 bridgehead atoms. The van der Waals surface area contributed by atoms with Crippen molar-refractivity contribution in [2.75, 3.05) is 6.61 Å². The topological polar surface area (TPSA) is 46.2 Å². The van der Waals surface area contributed by atoms with Gasteiger partial charge < -0.3 is 10.8 Å². The molecule has 0 aliphatic heterocycles. The van der Waals surface area contributed by atoms with E-state index in [4.69, 9.17) is 10.8 Å². The summed E-state index contributed by atoms with van der Waals surface area (Å²) in [5, 5.41) is 8.33. The lowest BCUT2D eigenvalue weighted by Crippen LogP contribution is -2.18. The quantitative estimate of drug-likeness (QED) is 0.476. The van der Waals surface area contributed by atoms with Gasteiger partial charge in [0.2, 0.25) is 0 Å².